The fraction of sp³-hybridized carbons (Fsp3) is 0.250. The molecule has 0 saturated carbocycles. The number of benzene rings is 1. The summed E-state index contributed by atoms with van der Waals surface area (Å²) in [5.74, 6) is 1.12. The van der Waals surface area contributed by atoms with Crippen molar-refractivity contribution in [3.05, 3.63) is 42.0 Å². The third kappa shape index (κ3) is 2.61. The summed E-state index contributed by atoms with van der Waals surface area (Å²) in [5, 5.41) is 0. The second kappa shape index (κ2) is 4.81. The predicted octanol–water partition coefficient (Wildman–Crippen LogP) is 3.16. The maximum absolute atomic E-state index is 5.27. The normalized spacial score (nSPS) is 15.7. The first-order valence-electron chi connectivity index (χ1n) is 4.92. The van der Waals surface area contributed by atoms with Gasteiger partial charge in [0.25, 0.3) is 0 Å². The van der Waals surface area contributed by atoms with E-state index in [4.69, 9.17) is 12.2 Å². The molecule has 0 bridgehead atoms. The quantitative estimate of drug-likeness (QED) is 0.741. The molecule has 78 valence electrons. The van der Waals surface area contributed by atoms with E-state index < -0.39 is 0 Å². The minimum absolute atomic E-state index is 0.924. The van der Waals surface area contributed by atoms with Crippen LogP contribution in [0.4, 0.5) is 0 Å². The van der Waals surface area contributed by atoms with Crippen LogP contribution in [0.15, 0.2) is 30.8 Å². The van der Waals surface area contributed by atoms with Crippen molar-refractivity contribution in [3.63, 3.8) is 0 Å². The highest BCUT2D eigenvalue weighted by Gasteiger charge is 2.17. The Hall–Kier alpha value is -0.800. The molecule has 1 aliphatic rings. The van der Waals surface area contributed by atoms with E-state index in [9.17, 15) is 0 Å². The van der Waals surface area contributed by atoms with E-state index in [2.05, 4.69) is 35.7 Å². The number of thioether (sulfide) groups is 1. The zero-order chi connectivity index (χ0) is 10.7. The van der Waals surface area contributed by atoms with Crippen molar-refractivity contribution in [2.75, 3.05) is 12.3 Å². The van der Waals surface area contributed by atoms with Crippen LogP contribution < -0.4 is 0 Å². The second-order valence-corrected chi connectivity index (χ2v) is 5.21. The smallest absolute Gasteiger partial charge is 0.136 e. The highest BCUT2D eigenvalue weighted by atomic mass is 32.2. The Bertz CT molecular complexity index is 387. The summed E-state index contributed by atoms with van der Waals surface area (Å²) < 4.78 is 1.03. The molecule has 0 atom stereocenters. The minimum atomic E-state index is 0.924. The first-order chi connectivity index (χ1) is 7.29. The molecule has 15 heavy (non-hydrogen) atoms. The Labute approximate surface area is 100 Å². The van der Waals surface area contributed by atoms with Crippen LogP contribution in [0.3, 0.4) is 0 Å². The molecule has 1 nitrogen and oxygen atoms in total. The molecule has 0 amide bonds. The van der Waals surface area contributed by atoms with Crippen molar-refractivity contribution in [3.8, 4) is 0 Å². The average Bonchev–Trinajstić information content (AvgIpc) is 2.65. The molecule has 1 saturated heterocycles. The molecule has 1 aliphatic heterocycles. The first-order valence-corrected chi connectivity index (χ1v) is 6.32. The molecule has 1 heterocycles. The number of nitrogens with zero attached hydrogens (tertiary/aromatic N) is 1. The largest absolute Gasteiger partial charge is 0.352 e. The van der Waals surface area contributed by atoms with E-state index in [0.717, 1.165) is 23.2 Å². The molecular formula is C12H13NS2. The fourth-order valence-corrected chi connectivity index (χ4v) is 2.84. The molecule has 0 aliphatic carbocycles. The molecule has 3 heteroatoms. The Morgan fingerprint density at radius 2 is 2.40 bits per heavy atom. The van der Waals surface area contributed by atoms with Gasteiger partial charge in [-0.3, -0.25) is 0 Å². The highest BCUT2D eigenvalue weighted by molar-refractivity contribution is 8.23. The Morgan fingerprint density at radius 1 is 1.53 bits per heavy atom. The van der Waals surface area contributed by atoms with Crippen LogP contribution in [0, 0.1) is 0 Å². The van der Waals surface area contributed by atoms with Crippen molar-refractivity contribution in [2.24, 2.45) is 0 Å². The van der Waals surface area contributed by atoms with E-state index in [0.29, 0.717) is 0 Å². The van der Waals surface area contributed by atoms with Gasteiger partial charge in [0.2, 0.25) is 0 Å². The standard InChI is InChI=1S/C12H13NS2/c1-2-10-4-3-5-11(8-10)9-13-6-7-15-12(13)14/h2-5,8H,1,6-7,9H2. The van der Waals surface area contributed by atoms with E-state index in [1.54, 1.807) is 11.8 Å². The van der Waals surface area contributed by atoms with Crippen LogP contribution in [0.2, 0.25) is 0 Å². The van der Waals surface area contributed by atoms with Gasteiger partial charge in [0.15, 0.2) is 0 Å². The Balaban J connectivity index is 2.09. The van der Waals surface area contributed by atoms with E-state index in [-0.39, 0.29) is 0 Å². The van der Waals surface area contributed by atoms with Gasteiger partial charge < -0.3 is 4.90 Å². The topological polar surface area (TPSA) is 3.24 Å². The number of hydrogen-bond donors (Lipinski definition) is 0. The van der Waals surface area contributed by atoms with Gasteiger partial charge in [0.05, 0.1) is 0 Å². The summed E-state index contributed by atoms with van der Waals surface area (Å²) in [4.78, 5) is 2.25. The summed E-state index contributed by atoms with van der Waals surface area (Å²) in [6.07, 6.45) is 1.88. The lowest BCUT2D eigenvalue weighted by Crippen LogP contribution is -2.22. The summed E-state index contributed by atoms with van der Waals surface area (Å²) in [6.45, 7) is 5.77. The van der Waals surface area contributed by atoms with Gasteiger partial charge in [-0.1, -0.05) is 54.8 Å². The molecule has 0 radical (unpaired) electrons. The van der Waals surface area contributed by atoms with Gasteiger partial charge in [0.1, 0.15) is 4.32 Å². The van der Waals surface area contributed by atoms with Gasteiger partial charge in [-0.2, -0.15) is 0 Å². The maximum Gasteiger partial charge on any atom is 0.136 e. The molecule has 2 rings (SSSR count). The van der Waals surface area contributed by atoms with Crippen LogP contribution in [0.5, 0.6) is 0 Å². The lowest BCUT2D eigenvalue weighted by atomic mass is 10.1. The minimum Gasteiger partial charge on any atom is -0.352 e. The van der Waals surface area contributed by atoms with Gasteiger partial charge in [-0.15, -0.1) is 0 Å². The van der Waals surface area contributed by atoms with Crippen molar-refractivity contribution in [2.45, 2.75) is 6.54 Å². The highest BCUT2D eigenvalue weighted by Crippen LogP contribution is 2.20. The number of rotatable bonds is 3. The SMILES string of the molecule is C=Cc1cccc(CN2CCSC2=S)c1. The second-order valence-electron chi connectivity index (χ2n) is 3.49. The zero-order valence-electron chi connectivity index (χ0n) is 8.48. The van der Waals surface area contributed by atoms with Crippen molar-refractivity contribution >= 4 is 34.4 Å². The van der Waals surface area contributed by atoms with Gasteiger partial charge in [-0.05, 0) is 17.2 Å². The number of thiocarbonyl (C=S) groups is 1. The molecule has 0 spiro atoms. The maximum atomic E-state index is 5.27. The zero-order valence-corrected chi connectivity index (χ0v) is 10.1. The van der Waals surface area contributed by atoms with Gasteiger partial charge >= 0.3 is 0 Å². The van der Waals surface area contributed by atoms with Gasteiger partial charge in [0, 0.05) is 18.8 Å². The third-order valence-corrected chi connectivity index (χ3v) is 3.91. The van der Waals surface area contributed by atoms with E-state index >= 15 is 0 Å². The molecule has 0 N–H and O–H groups in total. The summed E-state index contributed by atoms with van der Waals surface area (Å²) in [5.41, 5.74) is 2.47. The van der Waals surface area contributed by atoms with Crippen LogP contribution in [-0.4, -0.2) is 21.5 Å². The van der Waals surface area contributed by atoms with Gasteiger partial charge in [-0.25, -0.2) is 0 Å². The predicted molar refractivity (Wildman–Crippen MR) is 72.0 cm³/mol. The van der Waals surface area contributed by atoms with Crippen LogP contribution in [0.25, 0.3) is 6.08 Å². The van der Waals surface area contributed by atoms with Crippen molar-refractivity contribution in [1.82, 2.24) is 4.90 Å². The molecular weight excluding hydrogens is 222 g/mol. The number of hydrogen-bond acceptors (Lipinski definition) is 2. The Morgan fingerprint density at radius 3 is 3.07 bits per heavy atom. The van der Waals surface area contributed by atoms with Crippen LogP contribution in [-0.2, 0) is 6.54 Å². The molecule has 1 fully saturated rings. The monoisotopic (exact) mass is 235 g/mol. The average molecular weight is 235 g/mol. The molecule has 0 unspecified atom stereocenters. The third-order valence-electron chi connectivity index (χ3n) is 2.41. The van der Waals surface area contributed by atoms with E-state index in [1.807, 2.05) is 6.08 Å². The van der Waals surface area contributed by atoms with Crippen LogP contribution in [0.1, 0.15) is 11.1 Å². The summed E-state index contributed by atoms with van der Waals surface area (Å²) in [6, 6.07) is 8.43. The Kier molecular flexibility index (Phi) is 3.44. The first kappa shape index (κ1) is 10.7. The summed E-state index contributed by atoms with van der Waals surface area (Å²) in [7, 11) is 0. The summed E-state index contributed by atoms with van der Waals surface area (Å²) >= 11 is 7.04. The lowest BCUT2D eigenvalue weighted by molar-refractivity contribution is 0.464. The van der Waals surface area contributed by atoms with Crippen molar-refractivity contribution in [1.29, 1.82) is 0 Å². The van der Waals surface area contributed by atoms with Crippen molar-refractivity contribution < 1.29 is 0 Å². The fourth-order valence-electron chi connectivity index (χ4n) is 1.61. The lowest BCUT2D eigenvalue weighted by Gasteiger charge is -2.16. The molecule has 1 aromatic rings. The van der Waals surface area contributed by atoms with E-state index in [1.165, 1.54) is 11.1 Å². The molecule has 0 aromatic heterocycles. The molecule has 1 aromatic carbocycles. The van der Waals surface area contributed by atoms with Crippen LogP contribution >= 0.6 is 24.0 Å².